The fourth-order valence-electron chi connectivity index (χ4n) is 3.58. The van der Waals surface area contributed by atoms with Crippen LogP contribution in [0.5, 0.6) is 5.75 Å². The summed E-state index contributed by atoms with van der Waals surface area (Å²) in [6.45, 7) is 2.23. The van der Waals surface area contributed by atoms with E-state index >= 15 is 0 Å². The van der Waals surface area contributed by atoms with Crippen LogP contribution in [0.25, 0.3) is 0 Å². The summed E-state index contributed by atoms with van der Waals surface area (Å²) >= 11 is 0. The standard InChI is InChI=1S/C21H23N3O5/c1-14(22-20(25)16-7-3-8-17(12-16)24(27)28)21(26)23-11-5-10-19(23)15-6-4-9-18(13-15)29-2/h3-4,6-9,12-14,19H,5,10-11H2,1-2H3,(H,22,25). The Kier molecular flexibility index (Phi) is 6.11. The van der Waals surface area contributed by atoms with E-state index in [0.717, 1.165) is 24.2 Å². The second-order valence-corrected chi connectivity index (χ2v) is 6.97. The van der Waals surface area contributed by atoms with Gasteiger partial charge in [0.2, 0.25) is 5.91 Å². The van der Waals surface area contributed by atoms with Crippen molar-refractivity contribution in [3.8, 4) is 5.75 Å². The van der Waals surface area contributed by atoms with E-state index in [1.165, 1.54) is 24.3 Å². The molecular formula is C21H23N3O5. The van der Waals surface area contributed by atoms with Gasteiger partial charge in [0.25, 0.3) is 11.6 Å². The van der Waals surface area contributed by atoms with Crippen molar-refractivity contribution in [3.63, 3.8) is 0 Å². The van der Waals surface area contributed by atoms with Gasteiger partial charge in [-0.15, -0.1) is 0 Å². The number of methoxy groups -OCH3 is 1. The number of carbonyl (C=O) groups is 2. The third-order valence-electron chi connectivity index (χ3n) is 5.05. The maximum atomic E-state index is 13.0. The molecule has 1 heterocycles. The highest BCUT2D eigenvalue weighted by Crippen LogP contribution is 2.33. The van der Waals surface area contributed by atoms with Crippen molar-refractivity contribution in [1.82, 2.24) is 10.2 Å². The van der Waals surface area contributed by atoms with Crippen LogP contribution in [-0.2, 0) is 4.79 Å². The largest absolute Gasteiger partial charge is 0.497 e. The molecule has 152 valence electrons. The summed E-state index contributed by atoms with van der Waals surface area (Å²) in [6.07, 6.45) is 1.71. The van der Waals surface area contributed by atoms with E-state index < -0.39 is 16.9 Å². The van der Waals surface area contributed by atoms with Gasteiger partial charge < -0.3 is 15.0 Å². The number of carbonyl (C=O) groups excluding carboxylic acids is 2. The lowest BCUT2D eigenvalue weighted by atomic mass is 10.0. The van der Waals surface area contributed by atoms with Crippen LogP contribution >= 0.6 is 0 Å². The molecule has 8 nitrogen and oxygen atoms in total. The van der Waals surface area contributed by atoms with Crippen molar-refractivity contribution in [3.05, 3.63) is 69.8 Å². The molecule has 2 atom stereocenters. The van der Waals surface area contributed by atoms with Crippen LogP contribution in [0.4, 0.5) is 5.69 Å². The van der Waals surface area contributed by atoms with Crippen molar-refractivity contribution in [2.75, 3.05) is 13.7 Å². The van der Waals surface area contributed by atoms with E-state index in [0.29, 0.717) is 6.54 Å². The van der Waals surface area contributed by atoms with Gasteiger partial charge in [-0.05, 0) is 43.5 Å². The van der Waals surface area contributed by atoms with Crippen LogP contribution in [0.2, 0.25) is 0 Å². The normalized spacial score (nSPS) is 16.9. The lowest BCUT2D eigenvalue weighted by Gasteiger charge is -2.28. The molecule has 0 aromatic heterocycles. The van der Waals surface area contributed by atoms with E-state index in [-0.39, 0.29) is 23.2 Å². The summed E-state index contributed by atoms with van der Waals surface area (Å²) in [5.74, 6) is 0.0228. The van der Waals surface area contributed by atoms with Gasteiger partial charge >= 0.3 is 0 Å². The monoisotopic (exact) mass is 397 g/mol. The van der Waals surface area contributed by atoms with Crippen LogP contribution in [-0.4, -0.2) is 41.3 Å². The van der Waals surface area contributed by atoms with E-state index in [4.69, 9.17) is 4.74 Å². The molecule has 1 N–H and O–H groups in total. The number of nitrogens with one attached hydrogen (secondary N) is 1. The lowest BCUT2D eigenvalue weighted by molar-refractivity contribution is -0.384. The van der Waals surface area contributed by atoms with Gasteiger partial charge in [0.15, 0.2) is 0 Å². The number of nitrogens with zero attached hydrogens (tertiary/aromatic N) is 2. The van der Waals surface area contributed by atoms with Gasteiger partial charge in [0.05, 0.1) is 18.1 Å². The first-order valence-electron chi connectivity index (χ1n) is 9.40. The first-order valence-corrected chi connectivity index (χ1v) is 9.40. The molecule has 1 aliphatic heterocycles. The highest BCUT2D eigenvalue weighted by Gasteiger charge is 2.33. The molecule has 0 radical (unpaired) electrons. The van der Waals surface area contributed by atoms with E-state index in [9.17, 15) is 19.7 Å². The maximum Gasteiger partial charge on any atom is 0.270 e. The minimum atomic E-state index is -0.757. The molecule has 1 aliphatic rings. The predicted molar refractivity (Wildman–Crippen MR) is 107 cm³/mol. The molecule has 2 unspecified atom stereocenters. The molecule has 1 fully saturated rings. The second kappa shape index (κ2) is 8.72. The molecule has 0 bridgehead atoms. The summed E-state index contributed by atoms with van der Waals surface area (Å²) in [7, 11) is 1.60. The zero-order valence-corrected chi connectivity index (χ0v) is 16.3. The third-order valence-corrected chi connectivity index (χ3v) is 5.05. The Bertz CT molecular complexity index is 930. The third kappa shape index (κ3) is 4.53. The molecule has 8 heteroatoms. The van der Waals surface area contributed by atoms with Crippen molar-refractivity contribution in [2.45, 2.75) is 31.8 Å². The summed E-state index contributed by atoms with van der Waals surface area (Å²) in [5.41, 5.74) is 0.964. The number of nitro benzene ring substituents is 1. The lowest BCUT2D eigenvalue weighted by Crippen LogP contribution is -2.46. The van der Waals surface area contributed by atoms with Gasteiger partial charge in [0, 0.05) is 24.2 Å². The maximum absolute atomic E-state index is 13.0. The van der Waals surface area contributed by atoms with Crippen LogP contribution in [0, 0.1) is 10.1 Å². The fraction of sp³-hybridized carbons (Fsp3) is 0.333. The molecular weight excluding hydrogens is 374 g/mol. The Morgan fingerprint density at radius 3 is 2.72 bits per heavy atom. The van der Waals surface area contributed by atoms with E-state index in [1.54, 1.807) is 18.9 Å². The molecule has 3 rings (SSSR count). The van der Waals surface area contributed by atoms with Gasteiger partial charge in [-0.25, -0.2) is 0 Å². The summed E-state index contributed by atoms with van der Waals surface area (Å²) in [6, 6.07) is 12.2. The number of amides is 2. The summed E-state index contributed by atoms with van der Waals surface area (Å²) in [4.78, 5) is 37.6. The highest BCUT2D eigenvalue weighted by atomic mass is 16.6. The Morgan fingerprint density at radius 2 is 2.00 bits per heavy atom. The molecule has 2 amide bonds. The Balaban J connectivity index is 1.71. The fourth-order valence-corrected chi connectivity index (χ4v) is 3.58. The summed E-state index contributed by atoms with van der Waals surface area (Å²) < 4.78 is 5.28. The van der Waals surface area contributed by atoms with E-state index in [1.807, 2.05) is 24.3 Å². The zero-order chi connectivity index (χ0) is 21.0. The molecule has 2 aromatic carbocycles. The Labute approximate surface area is 168 Å². The molecule has 29 heavy (non-hydrogen) atoms. The number of non-ortho nitro benzene ring substituents is 1. The molecule has 1 saturated heterocycles. The van der Waals surface area contributed by atoms with Crippen LogP contribution in [0.1, 0.15) is 41.7 Å². The quantitative estimate of drug-likeness (QED) is 0.596. The second-order valence-electron chi connectivity index (χ2n) is 6.97. The average molecular weight is 397 g/mol. The number of hydrogen-bond donors (Lipinski definition) is 1. The highest BCUT2D eigenvalue weighted by molar-refractivity contribution is 5.98. The number of rotatable bonds is 6. The first kappa shape index (κ1) is 20.3. The molecule has 2 aromatic rings. The van der Waals surface area contributed by atoms with Gasteiger partial charge in [-0.3, -0.25) is 19.7 Å². The van der Waals surface area contributed by atoms with Gasteiger partial charge in [-0.1, -0.05) is 18.2 Å². The first-order chi connectivity index (χ1) is 13.9. The minimum Gasteiger partial charge on any atom is -0.497 e. The van der Waals surface area contributed by atoms with Crippen LogP contribution in [0.15, 0.2) is 48.5 Å². The van der Waals surface area contributed by atoms with Crippen molar-refractivity contribution < 1.29 is 19.2 Å². The number of benzene rings is 2. The topological polar surface area (TPSA) is 102 Å². The number of nitro groups is 1. The number of ether oxygens (including phenoxy) is 1. The Hall–Kier alpha value is -3.42. The summed E-state index contributed by atoms with van der Waals surface area (Å²) in [5, 5.41) is 13.6. The number of likely N-dealkylation sites (tertiary alicyclic amines) is 1. The molecule has 0 aliphatic carbocycles. The predicted octanol–water partition coefficient (Wildman–Crippen LogP) is 3.09. The SMILES string of the molecule is COc1cccc(C2CCCN2C(=O)C(C)NC(=O)c2cccc([N+](=O)[O-])c2)c1. The van der Waals surface area contributed by atoms with Crippen molar-refractivity contribution in [1.29, 1.82) is 0 Å². The molecule has 0 spiro atoms. The smallest absolute Gasteiger partial charge is 0.270 e. The van der Waals surface area contributed by atoms with Crippen molar-refractivity contribution in [2.24, 2.45) is 0 Å². The molecule has 0 saturated carbocycles. The van der Waals surface area contributed by atoms with Crippen molar-refractivity contribution >= 4 is 17.5 Å². The zero-order valence-electron chi connectivity index (χ0n) is 16.3. The number of hydrogen-bond acceptors (Lipinski definition) is 5. The van der Waals surface area contributed by atoms with Crippen LogP contribution < -0.4 is 10.1 Å². The van der Waals surface area contributed by atoms with E-state index in [2.05, 4.69) is 5.32 Å². The minimum absolute atomic E-state index is 0.0743. The van der Waals surface area contributed by atoms with Crippen LogP contribution in [0.3, 0.4) is 0 Å². The van der Waals surface area contributed by atoms with Gasteiger partial charge in [0.1, 0.15) is 11.8 Å². The van der Waals surface area contributed by atoms with Gasteiger partial charge in [-0.2, -0.15) is 0 Å². The average Bonchev–Trinajstić information content (AvgIpc) is 3.23. The Morgan fingerprint density at radius 1 is 1.24 bits per heavy atom.